The van der Waals surface area contributed by atoms with Crippen molar-refractivity contribution in [2.75, 3.05) is 20.2 Å². The highest BCUT2D eigenvalue weighted by Crippen LogP contribution is 2.26. The van der Waals surface area contributed by atoms with Crippen LogP contribution in [0.25, 0.3) is 0 Å². The molecule has 1 aromatic rings. The number of ketones is 1. The number of Topliss-reactive ketones (excluding diaryl/α,β-unsaturated/α-hetero) is 1. The van der Waals surface area contributed by atoms with E-state index in [0.29, 0.717) is 5.56 Å². The van der Waals surface area contributed by atoms with Gasteiger partial charge in [0.05, 0.1) is 11.6 Å². The van der Waals surface area contributed by atoms with Crippen LogP contribution in [-0.2, 0) is 4.74 Å². The molecule has 4 heteroatoms. The van der Waals surface area contributed by atoms with Gasteiger partial charge in [-0.15, -0.1) is 0 Å². The summed E-state index contributed by atoms with van der Waals surface area (Å²) in [4.78, 5) is 14.6. The predicted octanol–water partition coefficient (Wildman–Crippen LogP) is 2.90. The Balaban J connectivity index is 2.08. The summed E-state index contributed by atoms with van der Waals surface area (Å²) in [6.07, 6.45) is 2.03. The SMILES string of the molecule is COC1(C)CCCN(C(C)C(=O)c2ccc(F)cc2)C1. The fraction of sp³-hybridized carbons (Fsp3) is 0.562. The number of nitrogens with zero attached hydrogens (tertiary/aromatic N) is 1. The maximum atomic E-state index is 12.9. The lowest BCUT2D eigenvalue weighted by Gasteiger charge is -2.41. The topological polar surface area (TPSA) is 29.5 Å². The number of hydrogen-bond donors (Lipinski definition) is 0. The monoisotopic (exact) mass is 279 g/mol. The summed E-state index contributed by atoms with van der Waals surface area (Å²) in [7, 11) is 1.72. The largest absolute Gasteiger partial charge is 0.377 e. The van der Waals surface area contributed by atoms with E-state index in [4.69, 9.17) is 4.74 Å². The molecule has 0 amide bonds. The molecular weight excluding hydrogens is 257 g/mol. The number of methoxy groups -OCH3 is 1. The Kier molecular flexibility index (Phi) is 4.55. The maximum Gasteiger partial charge on any atom is 0.179 e. The lowest BCUT2D eigenvalue weighted by Crippen LogP contribution is -2.52. The van der Waals surface area contributed by atoms with Gasteiger partial charge in [0.15, 0.2) is 5.78 Å². The molecule has 2 atom stereocenters. The molecule has 20 heavy (non-hydrogen) atoms. The molecule has 0 aliphatic carbocycles. The van der Waals surface area contributed by atoms with Gasteiger partial charge in [0.1, 0.15) is 5.82 Å². The summed E-state index contributed by atoms with van der Waals surface area (Å²) >= 11 is 0. The van der Waals surface area contributed by atoms with Crippen LogP contribution in [0, 0.1) is 5.82 Å². The van der Waals surface area contributed by atoms with Crippen molar-refractivity contribution >= 4 is 5.78 Å². The normalized spacial score (nSPS) is 25.4. The second-order valence-electron chi connectivity index (χ2n) is 5.78. The number of carbonyl (C=O) groups is 1. The van der Waals surface area contributed by atoms with Gasteiger partial charge in [-0.05, 0) is 57.5 Å². The molecule has 1 fully saturated rings. The Morgan fingerprint density at radius 2 is 2.05 bits per heavy atom. The minimum atomic E-state index is -0.320. The van der Waals surface area contributed by atoms with Gasteiger partial charge in [-0.2, -0.15) is 0 Å². The minimum absolute atomic E-state index is 0.0327. The fourth-order valence-corrected chi connectivity index (χ4v) is 2.76. The van der Waals surface area contributed by atoms with Crippen molar-refractivity contribution in [2.45, 2.75) is 38.3 Å². The highest BCUT2D eigenvalue weighted by Gasteiger charge is 2.34. The van der Waals surface area contributed by atoms with E-state index >= 15 is 0 Å². The molecule has 1 aliphatic heterocycles. The van der Waals surface area contributed by atoms with Crippen molar-refractivity contribution in [1.29, 1.82) is 0 Å². The zero-order valence-corrected chi connectivity index (χ0v) is 12.4. The fourth-order valence-electron chi connectivity index (χ4n) is 2.76. The molecule has 0 N–H and O–H groups in total. The Bertz CT molecular complexity index is 474. The van der Waals surface area contributed by atoms with Gasteiger partial charge in [-0.1, -0.05) is 0 Å². The third-order valence-corrected chi connectivity index (χ3v) is 4.24. The Morgan fingerprint density at radius 3 is 2.65 bits per heavy atom. The number of ether oxygens (including phenoxy) is 1. The Hall–Kier alpha value is -1.26. The van der Waals surface area contributed by atoms with Crippen LogP contribution in [0.4, 0.5) is 4.39 Å². The first-order chi connectivity index (χ1) is 9.45. The smallest absolute Gasteiger partial charge is 0.179 e. The van der Waals surface area contributed by atoms with Crippen LogP contribution < -0.4 is 0 Å². The lowest BCUT2D eigenvalue weighted by molar-refractivity contribution is -0.0563. The zero-order valence-electron chi connectivity index (χ0n) is 12.4. The molecule has 1 aliphatic rings. The van der Waals surface area contributed by atoms with E-state index in [9.17, 15) is 9.18 Å². The van der Waals surface area contributed by atoms with Gasteiger partial charge < -0.3 is 4.74 Å². The van der Waals surface area contributed by atoms with Gasteiger partial charge in [-0.25, -0.2) is 4.39 Å². The highest BCUT2D eigenvalue weighted by molar-refractivity contribution is 5.99. The number of piperidine rings is 1. The van der Waals surface area contributed by atoms with Gasteiger partial charge in [0.2, 0.25) is 0 Å². The average molecular weight is 279 g/mol. The average Bonchev–Trinajstić information content (AvgIpc) is 2.46. The van der Waals surface area contributed by atoms with Crippen molar-refractivity contribution in [1.82, 2.24) is 4.90 Å². The van der Waals surface area contributed by atoms with Crippen molar-refractivity contribution < 1.29 is 13.9 Å². The Morgan fingerprint density at radius 1 is 1.40 bits per heavy atom. The van der Waals surface area contributed by atoms with Crippen LogP contribution in [-0.4, -0.2) is 42.5 Å². The van der Waals surface area contributed by atoms with Crippen molar-refractivity contribution in [3.8, 4) is 0 Å². The molecule has 0 bridgehead atoms. The first-order valence-electron chi connectivity index (χ1n) is 7.04. The molecular formula is C16H22FNO2. The Labute approximate surface area is 119 Å². The molecule has 0 spiro atoms. The molecule has 0 radical (unpaired) electrons. The molecule has 2 rings (SSSR count). The maximum absolute atomic E-state index is 12.9. The highest BCUT2D eigenvalue weighted by atomic mass is 19.1. The van der Waals surface area contributed by atoms with E-state index in [-0.39, 0.29) is 23.2 Å². The van der Waals surface area contributed by atoms with E-state index < -0.39 is 0 Å². The molecule has 1 saturated heterocycles. The van der Waals surface area contributed by atoms with Gasteiger partial charge >= 0.3 is 0 Å². The van der Waals surface area contributed by atoms with Crippen molar-refractivity contribution in [2.24, 2.45) is 0 Å². The number of hydrogen-bond acceptors (Lipinski definition) is 3. The number of rotatable bonds is 4. The molecule has 3 nitrogen and oxygen atoms in total. The third kappa shape index (κ3) is 3.25. The molecule has 110 valence electrons. The first-order valence-corrected chi connectivity index (χ1v) is 7.04. The quantitative estimate of drug-likeness (QED) is 0.794. The van der Waals surface area contributed by atoms with Gasteiger partial charge in [0, 0.05) is 19.2 Å². The van der Waals surface area contributed by atoms with Crippen LogP contribution in [0.15, 0.2) is 24.3 Å². The van der Waals surface area contributed by atoms with E-state index in [1.54, 1.807) is 19.2 Å². The summed E-state index contributed by atoms with van der Waals surface area (Å²) in [5.74, 6) is -0.288. The summed E-state index contributed by atoms with van der Waals surface area (Å²) in [5.41, 5.74) is 0.374. The number of benzene rings is 1. The minimum Gasteiger partial charge on any atom is -0.377 e. The predicted molar refractivity (Wildman–Crippen MR) is 76.4 cm³/mol. The second-order valence-corrected chi connectivity index (χ2v) is 5.78. The van der Waals surface area contributed by atoms with Crippen LogP contribution in [0.3, 0.4) is 0 Å². The molecule has 0 saturated carbocycles. The second kappa shape index (κ2) is 6.02. The number of carbonyl (C=O) groups excluding carboxylic acids is 1. The summed E-state index contributed by atoms with van der Waals surface area (Å²) in [6, 6.07) is 5.54. The van der Waals surface area contributed by atoms with Crippen LogP contribution >= 0.6 is 0 Å². The van der Waals surface area contributed by atoms with Crippen molar-refractivity contribution in [3.63, 3.8) is 0 Å². The van der Waals surface area contributed by atoms with Crippen LogP contribution in [0.2, 0.25) is 0 Å². The lowest BCUT2D eigenvalue weighted by atomic mass is 9.92. The van der Waals surface area contributed by atoms with E-state index in [2.05, 4.69) is 11.8 Å². The standard InChI is InChI=1S/C16H22FNO2/c1-12(15(19)13-5-7-14(17)8-6-13)18-10-4-9-16(2,11-18)20-3/h5-8,12H,4,9-11H2,1-3H3. The molecule has 1 heterocycles. The van der Waals surface area contributed by atoms with Crippen LogP contribution in [0.1, 0.15) is 37.0 Å². The van der Waals surface area contributed by atoms with E-state index in [1.807, 2.05) is 6.92 Å². The molecule has 1 aromatic carbocycles. The summed E-state index contributed by atoms with van der Waals surface area (Å²) in [6.45, 7) is 5.63. The molecule has 0 aromatic heterocycles. The zero-order chi connectivity index (χ0) is 14.8. The van der Waals surface area contributed by atoms with E-state index in [0.717, 1.165) is 25.9 Å². The van der Waals surface area contributed by atoms with Gasteiger partial charge in [-0.3, -0.25) is 9.69 Å². The summed E-state index contributed by atoms with van der Waals surface area (Å²) < 4.78 is 18.5. The van der Waals surface area contributed by atoms with Gasteiger partial charge in [0.25, 0.3) is 0 Å². The van der Waals surface area contributed by atoms with Crippen LogP contribution in [0.5, 0.6) is 0 Å². The number of halogens is 1. The third-order valence-electron chi connectivity index (χ3n) is 4.24. The van der Waals surface area contributed by atoms with E-state index in [1.165, 1.54) is 12.1 Å². The molecule has 2 unspecified atom stereocenters. The van der Waals surface area contributed by atoms with Crippen molar-refractivity contribution in [3.05, 3.63) is 35.6 Å². The summed E-state index contributed by atoms with van der Waals surface area (Å²) in [5, 5.41) is 0. The number of likely N-dealkylation sites (tertiary alicyclic amines) is 1. The first kappa shape index (κ1) is 15.1.